The van der Waals surface area contributed by atoms with Crippen LogP contribution < -0.4 is 0 Å². The zero-order valence-corrected chi connectivity index (χ0v) is 17.1. The fraction of sp³-hybridized carbons (Fsp3) is 0.304. The first-order valence-electron chi connectivity index (χ1n) is 9.47. The zero-order chi connectivity index (χ0) is 18.6. The number of hydrogen-bond acceptors (Lipinski definition) is 4. The molecule has 1 aliphatic carbocycles. The summed E-state index contributed by atoms with van der Waals surface area (Å²) < 4.78 is 0. The first-order valence-corrected chi connectivity index (χ1v) is 11.2. The number of rotatable bonds is 4. The number of benzene rings is 1. The molecule has 4 rings (SSSR count). The molecule has 0 spiro atoms. The highest BCUT2D eigenvalue weighted by atomic mass is 32.1. The van der Waals surface area contributed by atoms with Gasteiger partial charge in [-0.15, -0.1) is 22.7 Å². The molecule has 0 saturated heterocycles. The summed E-state index contributed by atoms with van der Waals surface area (Å²) in [7, 11) is 0. The Hall–Kier alpha value is -2.22. The summed E-state index contributed by atoms with van der Waals surface area (Å²) in [5.74, 6) is 0.723. The molecule has 2 nitrogen and oxygen atoms in total. The number of aryl methyl sites for hydroxylation is 1. The van der Waals surface area contributed by atoms with Crippen LogP contribution in [0.3, 0.4) is 0 Å². The average Bonchev–Trinajstić information content (AvgIpc) is 3.36. The highest BCUT2D eigenvalue weighted by Crippen LogP contribution is 2.34. The van der Waals surface area contributed by atoms with Gasteiger partial charge in [-0.3, -0.25) is 0 Å². The van der Waals surface area contributed by atoms with Crippen molar-refractivity contribution in [3.8, 4) is 17.3 Å². The molecule has 136 valence electrons. The Bertz CT molecular complexity index is 980. The maximum Gasteiger partial charge on any atom is 0.134 e. The minimum absolute atomic E-state index is 0.631. The van der Waals surface area contributed by atoms with E-state index in [-0.39, 0.29) is 0 Å². The van der Waals surface area contributed by atoms with Crippen LogP contribution in [0.1, 0.15) is 58.3 Å². The molecule has 3 aromatic rings. The van der Waals surface area contributed by atoms with E-state index < -0.39 is 0 Å². The highest BCUT2D eigenvalue weighted by molar-refractivity contribution is 7.13. The molecular formula is C23H22N2S2. The van der Waals surface area contributed by atoms with Gasteiger partial charge in [-0.2, -0.15) is 5.26 Å². The summed E-state index contributed by atoms with van der Waals surface area (Å²) in [6.07, 6.45) is 8.67. The van der Waals surface area contributed by atoms with Crippen molar-refractivity contribution in [2.75, 3.05) is 0 Å². The van der Waals surface area contributed by atoms with Crippen LogP contribution in [0.2, 0.25) is 0 Å². The molecule has 1 fully saturated rings. The standard InChI is InChI=1S/C23H22N2S2/c1-16-7-12-21(27-16)13-20(14-24)23-25-22(15-26-23)19-10-8-18(9-11-19)17-5-3-2-4-6-17/h7-13,15,17H,2-6H2,1H3/b20-13-. The number of thiophene rings is 1. The molecule has 1 aromatic carbocycles. The lowest BCUT2D eigenvalue weighted by atomic mass is 9.84. The second-order valence-corrected chi connectivity index (χ2v) is 9.29. The number of thiazole rings is 1. The van der Waals surface area contributed by atoms with Gasteiger partial charge in [0.15, 0.2) is 0 Å². The van der Waals surface area contributed by atoms with E-state index in [1.54, 1.807) is 11.3 Å². The van der Waals surface area contributed by atoms with Crippen molar-refractivity contribution in [2.24, 2.45) is 0 Å². The lowest BCUT2D eigenvalue weighted by molar-refractivity contribution is 0.443. The summed E-state index contributed by atoms with van der Waals surface area (Å²) in [5.41, 5.74) is 4.17. The smallest absolute Gasteiger partial charge is 0.134 e. The molecule has 0 bridgehead atoms. The molecule has 0 aliphatic heterocycles. The van der Waals surface area contributed by atoms with Gasteiger partial charge in [-0.05, 0) is 49.5 Å². The lowest BCUT2D eigenvalue weighted by Crippen LogP contribution is -2.04. The average molecular weight is 391 g/mol. The minimum Gasteiger partial charge on any atom is -0.235 e. The highest BCUT2D eigenvalue weighted by Gasteiger charge is 2.16. The molecule has 1 aliphatic rings. The fourth-order valence-electron chi connectivity index (χ4n) is 3.71. The van der Waals surface area contributed by atoms with Crippen LogP contribution in [0.5, 0.6) is 0 Å². The normalized spacial score (nSPS) is 15.6. The summed E-state index contributed by atoms with van der Waals surface area (Å²) in [6, 6.07) is 15.3. The molecule has 2 aromatic heterocycles. The quantitative estimate of drug-likeness (QED) is 0.438. The molecule has 0 unspecified atom stereocenters. The van der Waals surface area contributed by atoms with E-state index in [4.69, 9.17) is 4.98 Å². The third-order valence-electron chi connectivity index (χ3n) is 5.19. The lowest BCUT2D eigenvalue weighted by Gasteiger charge is -2.22. The number of nitrogens with zero attached hydrogens (tertiary/aromatic N) is 2. The summed E-state index contributed by atoms with van der Waals surface area (Å²) in [4.78, 5) is 7.07. The van der Waals surface area contributed by atoms with Crippen molar-refractivity contribution in [3.63, 3.8) is 0 Å². The summed E-state index contributed by atoms with van der Waals surface area (Å²) in [6.45, 7) is 2.08. The molecule has 27 heavy (non-hydrogen) atoms. The van der Waals surface area contributed by atoms with E-state index in [9.17, 15) is 5.26 Å². The van der Waals surface area contributed by atoms with Crippen molar-refractivity contribution in [1.82, 2.24) is 4.98 Å². The maximum absolute atomic E-state index is 9.56. The number of hydrogen-bond donors (Lipinski definition) is 0. The van der Waals surface area contributed by atoms with E-state index >= 15 is 0 Å². The third kappa shape index (κ3) is 4.21. The first kappa shape index (κ1) is 18.2. The Morgan fingerprint density at radius 1 is 1.11 bits per heavy atom. The molecule has 1 saturated carbocycles. The second kappa shape index (κ2) is 8.21. The van der Waals surface area contributed by atoms with E-state index in [0.29, 0.717) is 5.57 Å². The first-order chi connectivity index (χ1) is 13.2. The largest absolute Gasteiger partial charge is 0.235 e. The monoisotopic (exact) mass is 390 g/mol. The minimum atomic E-state index is 0.631. The van der Waals surface area contributed by atoms with Crippen LogP contribution in [-0.2, 0) is 0 Å². The van der Waals surface area contributed by atoms with Crippen molar-refractivity contribution in [1.29, 1.82) is 5.26 Å². The molecule has 0 amide bonds. The van der Waals surface area contributed by atoms with Gasteiger partial charge in [0.05, 0.1) is 11.3 Å². The van der Waals surface area contributed by atoms with Crippen molar-refractivity contribution < 1.29 is 0 Å². The Balaban J connectivity index is 1.55. The van der Waals surface area contributed by atoms with Crippen molar-refractivity contribution in [3.05, 3.63) is 62.1 Å². The van der Waals surface area contributed by atoms with Gasteiger partial charge in [0.2, 0.25) is 0 Å². The molecule has 0 N–H and O–H groups in total. The Morgan fingerprint density at radius 2 is 1.89 bits per heavy atom. The molecule has 0 radical (unpaired) electrons. The van der Waals surface area contributed by atoms with Gasteiger partial charge < -0.3 is 0 Å². The molecular weight excluding hydrogens is 368 g/mol. The van der Waals surface area contributed by atoms with Crippen molar-refractivity contribution >= 4 is 34.3 Å². The van der Waals surface area contributed by atoms with Gasteiger partial charge in [-0.25, -0.2) is 4.98 Å². The third-order valence-corrected chi connectivity index (χ3v) is 7.01. The predicted molar refractivity (Wildman–Crippen MR) is 116 cm³/mol. The van der Waals surface area contributed by atoms with Crippen LogP contribution in [-0.4, -0.2) is 4.98 Å². The van der Waals surface area contributed by atoms with Crippen molar-refractivity contribution in [2.45, 2.75) is 44.9 Å². The van der Waals surface area contributed by atoms with Gasteiger partial charge in [0, 0.05) is 20.7 Å². The second-order valence-electron chi connectivity index (χ2n) is 7.11. The maximum atomic E-state index is 9.56. The van der Waals surface area contributed by atoms with Crippen LogP contribution >= 0.6 is 22.7 Å². The SMILES string of the molecule is Cc1ccc(/C=C(/C#N)c2nc(-c3ccc(C4CCCCC4)cc3)cs2)s1. The van der Waals surface area contributed by atoms with E-state index in [2.05, 4.69) is 54.8 Å². The van der Waals surface area contributed by atoms with Crippen LogP contribution in [0.4, 0.5) is 0 Å². The summed E-state index contributed by atoms with van der Waals surface area (Å²) >= 11 is 3.23. The number of allylic oxidation sites excluding steroid dienone is 1. The van der Waals surface area contributed by atoms with Gasteiger partial charge in [-0.1, -0.05) is 43.5 Å². The van der Waals surface area contributed by atoms with E-state index in [0.717, 1.165) is 27.1 Å². The molecule has 2 heterocycles. The molecule has 4 heteroatoms. The zero-order valence-electron chi connectivity index (χ0n) is 15.4. The number of aromatic nitrogens is 1. The summed E-state index contributed by atoms with van der Waals surface area (Å²) in [5, 5.41) is 12.4. The molecule has 0 atom stereocenters. The van der Waals surface area contributed by atoms with Crippen LogP contribution in [0.25, 0.3) is 22.9 Å². The topological polar surface area (TPSA) is 36.7 Å². The Kier molecular flexibility index (Phi) is 5.52. The number of nitriles is 1. The van der Waals surface area contributed by atoms with Crippen LogP contribution in [0, 0.1) is 18.3 Å². The van der Waals surface area contributed by atoms with E-state index in [1.165, 1.54) is 53.9 Å². The van der Waals surface area contributed by atoms with Gasteiger partial charge in [0.1, 0.15) is 11.1 Å². The van der Waals surface area contributed by atoms with Gasteiger partial charge >= 0.3 is 0 Å². The van der Waals surface area contributed by atoms with Gasteiger partial charge in [0.25, 0.3) is 0 Å². The predicted octanol–water partition coefficient (Wildman–Crippen LogP) is 7.29. The fourth-order valence-corrected chi connectivity index (χ4v) is 5.32. The Morgan fingerprint density at radius 3 is 2.56 bits per heavy atom. The van der Waals surface area contributed by atoms with E-state index in [1.807, 2.05) is 6.08 Å². The van der Waals surface area contributed by atoms with Crippen LogP contribution in [0.15, 0.2) is 41.8 Å². The Labute approximate surface area is 168 Å².